The molecule has 112 valence electrons. The molecule has 0 saturated heterocycles. The van der Waals surface area contributed by atoms with Gasteiger partial charge in [-0.1, -0.05) is 0 Å². The Bertz CT molecular complexity index is 538. The standard InChI is InChI=1S/C13H20N2O4S/c1-10(2)15-20(17,18)12-6-4-11(5-7-12)13(16)14-8-9-19-3/h4-7,10,15H,8-9H2,1-3H3,(H,14,16). The van der Waals surface area contributed by atoms with Gasteiger partial charge in [-0.25, -0.2) is 13.1 Å². The maximum Gasteiger partial charge on any atom is 0.251 e. The number of ether oxygens (including phenoxy) is 1. The van der Waals surface area contributed by atoms with Crippen LogP contribution < -0.4 is 10.0 Å². The molecule has 20 heavy (non-hydrogen) atoms. The Morgan fingerprint density at radius 2 is 1.85 bits per heavy atom. The van der Waals surface area contributed by atoms with Crippen molar-refractivity contribution in [3.05, 3.63) is 29.8 Å². The van der Waals surface area contributed by atoms with E-state index in [4.69, 9.17) is 4.74 Å². The van der Waals surface area contributed by atoms with Gasteiger partial charge in [0.25, 0.3) is 5.91 Å². The van der Waals surface area contributed by atoms with Crippen molar-refractivity contribution in [1.82, 2.24) is 10.0 Å². The number of hydrogen-bond donors (Lipinski definition) is 2. The van der Waals surface area contributed by atoms with Gasteiger partial charge in [0.15, 0.2) is 0 Å². The van der Waals surface area contributed by atoms with Crippen molar-refractivity contribution in [3.63, 3.8) is 0 Å². The van der Waals surface area contributed by atoms with Crippen LogP contribution in [0.3, 0.4) is 0 Å². The molecule has 0 aliphatic heterocycles. The lowest BCUT2D eigenvalue weighted by Crippen LogP contribution is -2.30. The Morgan fingerprint density at radius 1 is 1.25 bits per heavy atom. The number of carbonyl (C=O) groups excluding carboxylic acids is 1. The van der Waals surface area contributed by atoms with E-state index < -0.39 is 10.0 Å². The zero-order valence-corrected chi connectivity index (χ0v) is 12.7. The van der Waals surface area contributed by atoms with Crippen molar-refractivity contribution in [2.45, 2.75) is 24.8 Å². The first-order valence-electron chi connectivity index (χ1n) is 6.26. The molecule has 0 saturated carbocycles. The summed E-state index contributed by atoms with van der Waals surface area (Å²) < 4.78 is 31.1. The minimum Gasteiger partial charge on any atom is -0.383 e. The molecule has 7 heteroatoms. The third-order valence-corrected chi connectivity index (χ3v) is 4.08. The highest BCUT2D eigenvalue weighted by molar-refractivity contribution is 7.89. The van der Waals surface area contributed by atoms with Crippen molar-refractivity contribution in [2.24, 2.45) is 0 Å². The second-order valence-corrected chi connectivity index (χ2v) is 6.26. The first-order chi connectivity index (χ1) is 9.36. The quantitative estimate of drug-likeness (QED) is 0.728. The zero-order chi connectivity index (χ0) is 15.2. The van der Waals surface area contributed by atoms with E-state index in [0.717, 1.165) is 0 Å². The highest BCUT2D eigenvalue weighted by Crippen LogP contribution is 2.11. The van der Waals surface area contributed by atoms with Crippen LogP contribution in [0.2, 0.25) is 0 Å². The second kappa shape index (κ2) is 7.37. The van der Waals surface area contributed by atoms with E-state index in [-0.39, 0.29) is 16.8 Å². The van der Waals surface area contributed by atoms with Crippen LogP contribution in [0, 0.1) is 0 Å². The maximum absolute atomic E-state index is 11.9. The number of hydrogen-bond acceptors (Lipinski definition) is 4. The number of rotatable bonds is 7. The molecule has 0 heterocycles. The number of sulfonamides is 1. The molecule has 0 bridgehead atoms. The molecule has 0 aliphatic rings. The van der Waals surface area contributed by atoms with Crippen molar-refractivity contribution in [3.8, 4) is 0 Å². The SMILES string of the molecule is COCCNC(=O)c1ccc(S(=O)(=O)NC(C)C)cc1. The van der Waals surface area contributed by atoms with Crippen LogP contribution in [-0.4, -0.2) is 40.6 Å². The molecule has 1 aromatic carbocycles. The first-order valence-corrected chi connectivity index (χ1v) is 7.74. The molecule has 1 aromatic rings. The van der Waals surface area contributed by atoms with Gasteiger partial charge in [0, 0.05) is 25.3 Å². The highest BCUT2D eigenvalue weighted by Gasteiger charge is 2.15. The molecule has 1 amide bonds. The molecule has 0 radical (unpaired) electrons. The summed E-state index contributed by atoms with van der Waals surface area (Å²) in [5, 5.41) is 2.66. The normalized spacial score (nSPS) is 11.6. The summed E-state index contributed by atoms with van der Waals surface area (Å²) in [5.74, 6) is -0.261. The third kappa shape index (κ3) is 4.92. The number of amides is 1. The van der Waals surface area contributed by atoms with Gasteiger partial charge in [-0.2, -0.15) is 0 Å². The fraction of sp³-hybridized carbons (Fsp3) is 0.462. The van der Waals surface area contributed by atoms with Gasteiger partial charge in [0.2, 0.25) is 10.0 Å². The smallest absolute Gasteiger partial charge is 0.251 e. The van der Waals surface area contributed by atoms with E-state index >= 15 is 0 Å². The summed E-state index contributed by atoms with van der Waals surface area (Å²) in [6.07, 6.45) is 0. The summed E-state index contributed by atoms with van der Waals surface area (Å²) in [4.78, 5) is 11.9. The Hall–Kier alpha value is -1.44. The second-order valence-electron chi connectivity index (χ2n) is 4.55. The lowest BCUT2D eigenvalue weighted by Gasteiger charge is -2.10. The molecular formula is C13H20N2O4S. The lowest BCUT2D eigenvalue weighted by atomic mass is 10.2. The minimum atomic E-state index is -3.52. The Balaban J connectivity index is 2.76. The van der Waals surface area contributed by atoms with Gasteiger partial charge in [0.1, 0.15) is 0 Å². The van der Waals surface area contributed by atoms with Gasteiger partial charge in [-0.15, -0.1) is 0 Å². The van der Waals surface area contributed by atoms with Crippen LogP contribution in [0.15, 0.2) is 29.2 Å². The average molecular weight is 300 g/mol. The summed E-state index contributed by atoms with van der Waals surface area (Å²) in [6.45, 7) is 4.32. The maximum atomic E-state index is 11.9. The molecular weight excluding hydrogens is 280 g/mol. The Morgan fingerprint density at radius 3 is 2.35 bits per heavy atom. The van der Waals surface area contributed by atoms with Crippen LogP contribution in [0.1, 0.15) is 24.2 Å². The van der Waals surface area contributed by atoms with E-state index in [2.05, 4.69) is 10.0 Å². The van der Waals surface area contributed by atoms with Crippen LogP contribution >= 0.6 is 0 Å². The summed E-state index contributed by atoms with van der Waals surface area (Å²) >= 11 is 0. The van der Waals surface area contributed by atoms with Crippen LogP contribution in [0.25, 0.3) is 0 Å². The van der Waals surface area contributed by atoms with Crippen molar-refractivity contribution >= 4 is 15.9 Å². The predicted octanol–water partition coefficient (Wildman–Crippen LogP) is 0.750. The van der Waals surface area contributed by atoms with Gasteiger partial charge < -0.3 is 10.1 Å². The Labute approximate surface area is 119 Å². The molecule has 0 aromatic heterocycles. The average Bonchev–Trinajstić information content (AvgIpc) is 2.37. The van der Waals surface area contributed by atoms with Crippen molar-refractivity contribution < 1.29 is 17.9 Å². The minimum absolute atomic E-state index is 0.139. The topological polar surface area (TPSA) is 84.5 Å². The number of benzene rings is 1. The van der Waals surface area contributed by atoms with Crippen molar-refractivity contribution in [1.29, 1.82) is 0 Å². The van der Waals surface area contributed by atoms with Crippen LogP contribution in [0.4, 0.5) is 0 Å². The van der Waals surface area contributed by atoms with Crippen molar-refractivity contribution in [2.75, 3.05) is 20.3 Å². The van der Waals surface area contributed by atoms with Crippen LogP contribution in [0.5, 0.6) is 0 Å². The van der Waals surface area contributed by atoms with E-state index in [1.807, 2.05) is 0 Å². The van der Waals surface area contributed by atoms with Gasteiger partial charge in [-0.05, 0) is 38.1 Å². The molecule has 0 atom stereocenters. The third-order valence-electron chi connectivity index (χ3n) is 2.41. The number of nitrogens with one attached hydrogen (secondary N) is 2. The number of methoxy groups -OCH3 is 1. The molecule has 0 aliphatic carbocycles. The monoisotopic (exact) mass is 300 g/mol. The fourth-order valence-corrected chi connectivity index (χ4v) is 2.78. The number of carbonyl (C=O) groups is 1. The fourth-order valence-electron chi connectivity index (χ4n) is 1.53. The molecule has 6 nitrogen and oxygen atoms in total. The van der Waals surface area contributed by atoms with Crippen LogP contribution in [-0.2, 0) is 14.8 Å². The molecule has 0 spiro atoms. The summed E-state index contributed by atoms with van der Waals surface area (Å²) in [6, 6.07) is 5.61. The van der Waals surface area contributed by atoms with E-state index in [0.29, 0.717) is 18.7 Å². The molecule has 0 unspecified atom stereocenters. The largest absolute Gasteiger partial charge is 0.383 e. The van der Waals surface area contributed by atoms with E-state index in [1.165, 1.54) is 24.3 Å². The van der Waals surface area contributed by atoms with Gasteiger partial charge in [0.05, 0.1) is 11.5 Å². The lowest BCUT2D eigenvalue weighted by molar-refractivity contribution is 0.0937. The summed E-state index contributed by atoms with van der Waals surface area (Å²) in [7, 11) is -1.98. The molecule has 2 N–H and O–H groups in total. The zero-order valence-electron chi connectivity index (χ0n) is 11.8. The van der Waals surface area contributed by atoms with E-state index in [1.54, 1.807) is 21.0 Å². The van der Waals surface area contributed by atoms with Gasteiger partial charge in [-0.3, -0.25) is 4.79 Å². The molecule has 0 fully saturated rings. The molecule has 1 rings (SSSR count). The highest BCUT2D eigenvalue weighted by atomic mass is 32.2. The van der Waals surface area contributed by atoms with Gasteiger partial charge >= 0.3 is 0 Å². The van der Waals surface area contributed by atoms with E-state index in [9.17, 15) is 13.2 Å². The first kappa shape index (κ1) is 16.6. The Kier molecular flexibility index (Phi) is 6.12. The predicted molar refractivity (Wildman–Crippen MR) is 76.1 cm³/mol. The summed E-state index contributed by atoms with van der Waals surface area (Å²) in [5.41, 5.74) is 0.407.